The van der Waals surface area contributed by atoms with Gasteiger partial charge < -0.3 is 19.5 Å². The summed E-state index contributed by atoms with van der Waals surface area (Å²) < 4.78 is 6.86. The molecule has 0 saturated carbocycles. The maximum Gasteiger partial charge on any atom is 0.355 e. The molecule has 1 fully saturated rings. The van der Waals surface area contributed by atoms with E-state index in [1.54, 1.807) is 17.6 Å². The van der Waals surface area contributed by atoms with Gasteiger partial charge in [0, 0.05) is 18.5 Å². The van der Waals surface area contributed by atoms with Gasteiger partial charge in [-0.15, -0.1) is 11.3 Å². The van der Waals surface area contributed by atoms with Gasteiger partial charge in [0.15, 0.2) is 0 Å². The normalized spacial score (nSPS) is 15.0. The summed E-state index contributed by atoms with van der Waals surface area (Å²) >= 11 is 1.52. The van der Waals surface area contributed by atoms with Crippen molar-refractivity contribution in [3.8, 4) is 0 Å². The fourth-order valence-electron chi connectivity index (χ4n) is 3.07. The van der Waals surface area contributed by atoms with E-state index in [0.29, 0.717) is 18.8 Å². The first kappa shape index (κ1) is 17.0. The van der Waals surface area contributed by atoms with Crippen molar-refractivity contribution >= 4 is 33.4 Å². The minimum Gasteiger partial charge on any atom is -0.461 e. The molecule has 0 spiro atoms. The molecule has 2 aromatic rings. The van der Waals surface area contributed by atoms with Crippen LogP contribution in [0.5, 0.6) is 0 Å². The number of hydrogen-bond acceptors (Lipinski definition) is 5. The summed E-state index contributed by atoms with van der Waals surface area (Å²) in [7, 11) is 0. The summed E-state index contributed by atoms with van der Waals surface area (Å²) in [5, 5.41) is 5.88. The summed E-state index contributed by atoms with van der Waals surface area (Å²) in [6, 6.07) is 3.74. The monoisotopic (exact) mass is 349 g/mol. The lowest BCUT2D eigenvalue weighted by Gasteiger charge is -2.15. The number of amides is 1. The number of esters is 1. The highest BCUT2D eigenvalue weighted by molar-refractivity contribution is 7.16. The first-order valence-corrected chi connectivity index (χ1v) is 9.30. The van der Waals surface area contributed by atoms with E-state index in [2.05, 4.69) is 10.2 Å². The SMILES string of the molecule is CCOC(=O)c1cc2ccsc2n1CC(=O)NCCN1CCCC1. The number of fused-ring (bicyclic) bond motifs is 1. The second kappa shape index (κ2) is 7.81. The van der Waals surface area contributed by atoms with Crippen LogP contribution in [0.2, 0.25) is 0 Å². The van der Waals surface area contributed by atoms with Crippen LogP contribution in [-0.4, -0.2) is 54.1 Å². The van der Waals surface area contributed by atoms with Gasteiger partial charge in [-0.25, -0.2) is 4.79 Å². The quantitative estimate of drug-likeness (QED) is 0.778. The van der Waals surface area contributed by atoms with Crippen LogP contribution >= 0.6 is 11.3 Å². The van der Waals surface area contributed by atoms with Gasteiger partial charge in [0.2, 0.25) is 5.91 Å². The number of carbonyl (C=O) groups excluding carboxylic acids is 2. The van der Waals surface area contributed by atoms with Crippen LogP contribution in [0.15, 0.2) is 17.5 Å². The second-order valence-electron chi connectivity index (χ2n) is 5.92. The predicted octanol–water partition coefficient (Wildman–Crippen LogP) is 2.09. The van der Waals surface area contributed by atoms with Gasteiger partial charge in [-0.05, 0) is 50.4 Å². The van der Waals surface area contributed by atoms with Crippen LogP contribution in [0.1, 0.15) is 30.3 Å². The Labute approximate surface area is 145 Å². The van der Waals surface area contributed by atoms with Crippen LogP contribution in [0.25, 0.3) is 10.2 Å². The molecule has 7 heteroatoms. The Hall–Kier alpha value is -1.86. The number of carbonyl (C=O) groups is 2. The molecule has 1 saturated heterocycles. The number of nitrogens with one attached hydrogen (secondary N) is 1. The third-order valence-electron chi connectivity index (χ3n) is 4.24. The van der Waals surface area contributed by atoms with Crippen molar-refractivity contribution in [2.45, 2.75) is 26.3 Å². The third kappa shape index (κ3) is 3.79. The average Bonchev–Trinajstić information content (AvgIpc) is 3.26. The second-order valence-corrected chi connectivity index (χ2v) is 6.81. The van der Waals surface area contributed by atoms with Crippen LogP contribution < -0.4 is 5.32 Å². The molecule has 1 amide bonds. The van der Waals surface area contributed by atoms with E-state index in [9.17, 15) is 9.59 Å². The topological polar surface area (TPSA) is 63.6 Å². The highest BCUT2D eigenvalue weighted by Gasteiger charge is 2.19. The molecule has 1 N–H and O–H groups in total. The number of ether oxygens (including phenoxy) is 1. The maximum atomic E-state index is 12.3. The van der Waals surface area contributed by atoms with E-state index >= 15 is 0 Å². The highest BCUT2D eigenvalue weighted by Crippen LogP contribution is 2.25. The lowest BCUT2D eigenvalue weighted by molar-refractivity contribution is -0.121. The van der Waals surface area contributed by atoms with Gasteiger partial charge in [-0.1, -0.05) is 0 Å². The Morgan fingerprint density at radius 2 is 2.12 bits per heavy atom. The van der Waals surface area contributed by atoms with Crippen molar-refractivity contribution in [2.75, 3.05) is 32.8 Å². The summed E-state index contributed by atoms with van der Waals surface area (Å²) in [6.07, 6.45) is 2.49. The Morgan fingerprint density at radius 3 is 2.88 bits per heavy atom. The first-order valence-electron chi connectivity index (χ1n) is 8.42. The number of thiophene rings is 1. The van der Waals surface area contributed by atoms with Gasteiger partial charge in [0.05, 0.1) is 6.61 Å². The van der Waals surface area contributed by atoms with Crippen LogP contribution in [0.3, 0.4) is 0 Å². The standard InChI is InChI=1S/C17H23N3O3S/c1-2-23-17(22)14-11-13-5-10-24-16(13)20(14)12-15(21)18-6-9-19-7-3-4-8-19/h5,10-11H,2-4,6-9,12H2,1H3,(H,18,21). The molecule has 3 rings (SSSR count). The zero-order valence-electron chi connectivity index (χ0n) is 13.9. The molecule has 0 aliphatic carbocycles. The largest absolute Gasteiger partial charge is 0.461 e. The molecule has 0 bridgehead atoms. The number of hydrogen-bond donors (Lipinski definition) is 1. The highest BCUT2D eigenvalue weighted by atomic mass is 32.1. The molecule has 130 valence electrons. The van der Waals surface area contributed by atoms with E-state index in [1.807, 2.05) is 11.4 Å². The minimum absolute atomic E-state index is 0.0781. The molecule has 0 unspecified atom stereocenters. The number of nitrogens with zero attached hydrogens (tertiary/aromatic N) is 2. The van der Waals surface area contributed by atoms with E-state index in [-0.39, 0.29) is 18.4 Å². The van der Waals surface area contributed by atoms with E-state index < -0.39 is 0 Å². The molecule has 6 nitrogen and oxygen atoms in total. The number of likely N-dealkylation sites (tertiary alicyclic amines) is 1. The molecule has 2 aromatic heterocycles. The van der Waals surface area contributed by atoms with Crippen molar-refractivity contribution in [1.82, 2.24) is 14.8 Å². The van der Waals surface area contributed by atoms with Crippen molar-refractivity contribution in [3.05, 3.63) is 23.2 Å². The van der Waals surface area contributed by atoms with Crippen LogP contribution in [-0.2, 0) is 16.1 Å². The van der Waals surface area contributed by atoms with Gasteiger partial charge in [-0.2, -0.15) is 0 Å². The zero-order valence-corrected chi connectivity index (χ0v) is 14.7. The maximum absolute atomic E-state index is 12.3. The number of rotatable bonds is 7. The van der Waals surface area contributed by atoms with Crippen molar-refractivity contribution in [1.29, 1.82) is 0 Å². The summed E-state index contributed by atoms with van der Waals surface area (Å²) in [6.45, 7) is 6.00. The Balaban J connectivity index is 1.64. The van der Waals surface area contributed by atoms with Gasteiger partial charge >= 0.3 is 5.97 Å². The summed E-state index contributed by atoms with van der Waals surface area (Å²) in [4.78, 5) is 27.7. The molecule has 0 aromatic carbocycles. The van der Waals surface area contributed by atoms with E-state index in [4.69, 9.17) is 4.74 Å². The van der Waals surface area contributed by atoms with E-state index in [0.717, 1.165) is 29.9 Å². The van der Waals surface area contributed by atoms with Crippen LogP contribution in [0.4, 0.5) is 0 Å². The lowest BCUT2D eigenvalue weighted by Crippen LogP contribution is -2.35. The van der Waals surface area contributed by atoms with E-state index in [1.165, 1.54) is 24.2 Å². The molecule has 1 aliphatic rings. The molecular formula is C17H23N3O3S. The molecule has 1 aliphatic heterocycles. The molecule has 0 atom stereocenters. The van der Waals surface area contributed by atoms with Gasteiger partial charge in [0.1, 0.15) is 17.1 Å². The molecule has 0 radical (unpaired) electrons. The predicted molar refractivity (Wildman–Crippen MR) is 94.5 cm³/mol. The Bertz CT molecular complexity index is 716. The summed E-state index contributed by atoms with van der Waals surface area (Å²) in [5.74, 6) is -0.462. The van der Waals surface area contributed by atoms with Crippen LogP contribution in [0, 0.1) is 0 Å². The Kier molecular flexibility index (Phi) is 5.52. The zero-order chi connectivity index (χ0) is 16.9. The molecule has 24 heavy (non-hydrogen) atoms. The van der Waals surface area contributed by atoms with Crippen molar-refractivity contribution in [3.63, 3.8) is 0 Å². The lowest BCUT2D eigenvalue weighted by atomic mass is 10.3. The summed E-state index contributed by atoms with van der Waals surface area (Å²) in [5.41, 5.74) is 0.438. The molecule has 3 heterocycles. The fourth-order valence-corrected chi connectivity index (χ4v) is 3.96. The smallest absolute Gasteiger partial charge is 0.355 e. The fraction of sp³-hybridized carbons (Fsp3) is 0.529. The van der Waals surface area contributed by atoms with Crippen molar-refractivity contribution < 1.29 is 14.3 Å². The molecular weight excluding hydrogens is 326 g/mol. The van der Waals surface area contributed by atoms with Crippen molar-refractivity contribution in [2.24, 2.45) is 0 Å². The third-order valence-corrected chi connectivity index (χ3v) is 5.19. The Morgan fingerprint density at radius 1 is 1.33 bits per heavy atom. The first-order chi connectivity index (χ1) is 11.7. The minimum atomic E-state index is -0.384. The van der Waals surface area contributed by atoms with Gasteiger partial charge in [0.25, 0.3) is 0 Å². The average molecular weight is 349 g/mol. The number of aromatic nitrogens is 1. The van der Waals surface area contributed by atoms with Gasteiger partial charge in [-0.3, -0.25) is 4.79 Å².